The number of rotatable bonds is 15. The second-order valence-electron chi connectivity index (χ2n) is 21.9. The zero-order valence-corrected chi connectivity index (χ0v) is 44.3. The molecule has 1 aliphatic heterocycles. The van der Waals surface area contributed by atoms with Crippen molar-refractivity contribution in [2.45, 2.75) is 131 Å². The van der Waals surface area contributed by atoms with Gasteiger partial charge in [0.05, 0.1) is 18.6 Å². The van der Waals surface area contributed by atoms with Crippen LogP contribution in [0.1, 0.15) is 113 Å². The van der Waals surface area contributed by atoms with E-state index in [1.807, 2.05) is 37.3 Å². The first-order valence-electron chi connectivity index (χ1n) is 25.8. The highest BCUT2D eigenvalue weighted by Gasteiger charge is 2.63. The van der Waals surface area contributed by atoms with Crippen LogP contribution in [-0.4, -0.2) is 88.0 Å². The van der Waals surface area contributed by atoms with Crippen LogP contribution in [0.15, 0.2) is 106 Å². The second-order valence-corrected chi connectivity index (χ2v) is 21.9. The highest BCUT2D eigenvalue weighted by molar-refractivity contribution is 5.82. The number of hydrogen-bond donors (Lipinski definition) is 0. The number of hydrogen-bond acceptors (Lipinski definition) is 13. The third kappa shape index (κ3) is 16.6. The van der Waals surface area contributed by atoms with E-state index in [1.165, 1.54) is 50.3 Å². The normalized spacial score (nSPS) is 29.8. The quantitative estimate of drug-likeness (QED) is 0.0538. The Bertz CT molecular complexity index is 2030. The highest BCUT2D eigenvalue weighted by atomic mass is 16.7. The summed E-state index contributed by atoms with van der Waals surface area (Å²) in [5.74, 6) is 3.39. The van der Waals surface area contributed by atoms with Gasteiger partial charge in [0.1, 0.15) is 50.7 Å². The SMILES string of the molecule is C=CC(=O)OC1CC(C)CC(C)(C)C1.C=CC(=O)OC1CC2CC1C1CC=CC21.C=CC(=O)OC1CC2CCC1(C)C2(C)C.C=CC(=O)OCC1(CC)COCOC1.C=CC(=O)OCCOc1ccccc1. The molecule has 7 aliphatic rings. The number of para-hydroxylation sites is 1. The fraction of sp³-hybridized carbons (Fsp3) is 0.610. The number of carbonyl (C=O) groups excluding carboxylic acids is 5. The molecular weight excluding hydrogens is 917 g/mol. The van der Waals surface area contributed by atoms with Crippen LogP contribution in [-0.2, 0) is 57.1 Å². The van der Waals surface area contributed by atoms with Gasteiger partial charge in [-0.15, -0.1) is 0 Å². The lowest BCUT2D eigenvalue weighted by Crippen LogP contribution is -2.41. The predicted molar refractivity (Wildman–Crippen MR) is 277 cm³/mol. The molecule has 1 saturated heterocycles. The Morgan fingerprint density at radius 3 is 1.89 bits per heavy atom. The van der Waals surface area contributed by atoms with Gasteiger partial charge in [0.2, 0.25) is 0 Å². The van der Waals surface area contributed by atoms with E-state index in [4.69, 9.17) is 37.9 Å². The molecule has 72 heavy (non-hydrogen) atoms. The van der Waals surface area contributed by atoms with E-state index >= 15 is 0 Å². The van der Waals surface area contributed by atoms with E-state index in [-0.39, 0.29) is 53.7 Å². The number of allylic oxidation sites excluding steroid dienone is 2. The standard InChI is InChI=1S/C13H16O2.C13H20O2.C12H20O2.C11H12O3.C10H16O4/c1-2-13(14)15-12-7-8-6-11(12)10-5-3-4-9(8)10;1-5-11(14)15-10-8-9-6-7-13(10,4)12(9,2)3;1-5-11(13)14-10-6-9(2)7-12(3,4)8-10;1-2-11(12)14-9-8-13-10-6-4-3-5-7-10;1-3-9(11)14-7-10(4-2)5-12-8-13-6-10/h2-4,8-12H,1,5-7H2;5,9-10H,1,6-8H2,2-4H3;5,9-10H,1,6-8H2,2-4H3;2-7H,1,8-9H2;3H,1,4-8H2,2H3. The molecule has 0 N–H and O–H groups in total. The molecule has 0 spiro atoms. The van der Waals surface area contributed by atoms with Crippen LogP contribution >= 0.6 is 0 Å². The molecule has 4 bridgehead atoms. The molecule has 6 fully saturated rings. The third-order valence-electron chi connectivity index (χ3n) is 16.2. The number of fused-ring (bicyclic) bond motifs is 7. The lowest BCUT2D eigenvalue weighted by Gasteiger charge is -2.38. The molecule has 1 heterocycles. The molecule has 398 valence electrons. The second kappa shape index (κ2) is 27.7. The van der Waals surface area contributed by atoms with Gasteiger partial charge in [-0.3, -0.25) is 0 Å². The first-order chi connectivity index (χ1) is 34.2. The summed E-state index contributed by atoms with van der Waals surface area (Å²) in [6.45, 7) is 34.9. The molecular formula is C59H84O13. The molecule has 13 heteroatoms. The summed E-state index contributed by atoms with van der Waals surface area (Å²) in [5.41, 5.74) is 0.580. The number of benzene rings is 1. The molecule has 10 unspecified atom stereocenters. The van der Waals surface area contributed by atoms with Gasteiger partial charge in [0.25, 0.3) is 0 Å². The molecule has 5 saturated carbocycles. The molecule has 10 atom stereocenters. The van der Waals surface area contributed by atoms with Crippen molar-refractivity contribution < 1.29 is 61.9 Å². The van der Waals surface area contributed by atoms with Gasteiger partial charge in [0.15, 0.2) is 0 Å². The van der Waals surface area contributed by atoms with Crippen molar-refractivity contribution >= 4 is 29.8 Å². The largest absolute Gasteiger partial charge is 0.490 e. The summed E-state index contributed by atoms with van der Waals surface area (Å²) in [5, 5.41) is 0. The topological polar surface area (TPSA) is 159 Å². The molecule has 1 aromatic carbocycles. The molecule has 0 radical (unpaired) electrons. The van der Waals surface area contributed by atoms with E-state index in [2.05, 4.69) is 86.6 Å². The maximum Gasteiger partial charge on any atom is 0.330 e. The fourth-order valence-electron chi connectivity index (χ4n) is 12.1. The third-order valence-corrected chi connectivity index (χ3v) is 16.2. The van der Waals surface area contributed by atoms with E-state index < -0.39 is 11.9 Å². The molecule has 0 aromatic heterocycles. The lowest BCUT2D eigenvalue weighted by molar-refractivity contribution is -0.185. The maximum atomic E-state index is 11.3. The molecule has 6 aliphatic carbocycles. The Hall–Kier alpha value is -5.27. The van der Waals surface area contributed by atoms with Crippen LogP contribution in [0.5, 0.6) is 5.75 Å². The monoisotopic (exact) mass is 1000 g/mol. The first-order valence-corrected chi connectivity index (χ1v) is 25.8. The first kappa shape index (κ1) is 59.3. The van der Waals surface area contributed by atoms with E-state index in [9.17, 15) is 24.0 Å². The molecule has 1 aromatic rings. The number of ether oxygens (including phenoxy) is 8. The Kier molecular flexibility index (Phi) is 22.8. The van der Waals surface area contributed by atoms with Crippen molar-refractivity contribution in [2.24, 2.45) is 57.2 Å². The summed E-state index contributed by atoms with van der Waals surface area (Å²) in [4.78, 5) is 55.0. The van der Waals surface area contributed by atoms with Crippen LogP contribution < -0.4 is 4.74 Å². The minimum absolute atomic E-state index is 0.0826. The minimum atomic E-state index is -0.429. The molecule has 8 rings (SSSR count). The lowest BCUT2D eigenvalue weighted by atomic mass is 9.70. The van der Waals surface area contributed by atoms with E-state index in [0.717, 1.165) is 67.8 Å². The van der Waals surface area contributed by atoms with Gasteiger partial charge in [0, 0.05) is 35.8 Å². The van der Waals surface area contributed by atoms with E-state index in [1.54, 1.807) is 0 Å². The van der Waals surface area contributed by atoms with Crippen molar-refractivity contribution in [2.75, 3.05) is 39.8 Å². The maximum absolute atomic E-state index is 11.3. The smallest absolute Gasteiger partial charge is 0.330 e. The van der Waals surface area contributed by atoms with Crippen LogP contribution in [0.2, 0.25) is 0 Å². The van der Waals surface area contributed by atoms with E-state index in [0.29, 0.717) is 61.8 Å². The number of esters is 5. The van der Waals surface area contributed by atoms with Gasteiger partial charge < -0.3 is 37.9 Å². The Morgan fingerprint density at radius 2 is 1.32 bits per heavy atom. The zero-order chi connectivity index (χ0) is 53.1. The summed E-state index contributed by atoms with van der Waals surface area (Å²) in [6.07, 6.45) is 22.1. The van der Waals surface area contributed by atoms with Crippen LogP contribution in [0.4, 0.5) is 0 Å². The van der Waals surface area contributed by atoms with Gasteiger partial charge in [-0.2, -0.15) is 0 Å². The highest BCUT2D eigenvalue weighted by Crippen LogP contribution is 2.66. The Balaban J connectivity index is 0.000000195. The molecule has 13 nitrogen and oxygen atoms in total. The average Bonchev–Trinajstić information content (AvgIpc) is 4.17. The van der Waals surface area contributed by atoms with Crippen molar-refractivity contribution in [3.05, 3.63) is 106 Å². The zero-order valence-electron chi connectivity index (χ0n) is 44.3. The average molecular weight is 1000 g/mol. The van der Waals surface area contributed by atoms with Gasteiger partial charge in [-0.05, 0) is 123 Å². The van der Waals surface area contributed by atoms with Crippen LogP contribution in [0, 0.1) is 57.2 Å². The predicted octanol–water partition coefficient (Wildman–Crippen LogP) is 11.1. The molecule has 0 amide bonds. The van der Waals surface area contributed by atoms with Crippen molar-refractivity contribution in [3.63, 3.8) is 0 Å². The fourth-order valence-corrected chi connectivity index (χ4v) is 12.1. The van der Waals surface area contributed by atoms with Crippen LogP contribution in [0.25, 0.3) is 0 Å². The summed E-state index contributed by atoms with van der Waals surface area (Å²) in [7, 11) is 0. The van der Waals surface area contributed by atoms with Crippen molar-refractivity contribution in [3.8, 4) is 5.75 Å². The van der Waals surface area contributed by atoms with Crippen molar-refractivity contribution in [1.29, 1.82) is 0 Å². The summed E-state index contributed by atoms with van der Waals surface area (Å²) < 4.78 is 41.6. The van der Waals surface area contributed by atoms with Crippen molar-refractivity contribution in [1.82, 2.24) is 0 Å². The minimum Gasteiger partial charge on any atom is -0.490 e. The Morgan fingerprint density at radius 1 is 0.708 bits per heavy atom. The summed E-state index contributed by atoms with van der Waals surface area (Å²) in [6, 6.07) is 9.35. The van der Waals surface area contributed by atoms with Crippen LogP contribution in [0.3, 0.4) is 0 Å². The van der Waals surface area contributed by atoms with Gasteiger partial charge >= 0.3 is 29.8 Å². The van der Waals surface area contributed by atoms with Gasteiger partial charge in [-0.25, -0.2) is 24.0 Å². The number of carbonyl (C=O) groups is 5. The van der Waals surface area contributed by atoms with Gasteiger partial charge in [-0.1, -0.05) is 112 Å². The summed E-state index contributed by atoms with van der Waals surface area (Å²) >= 11 is 0. The Labute approximate surface area is 429 Å².